The molecule has 0 spiro atoms. The molecule has 1 fully saturated rings. The second-order valence-electron chi connectivity index (χ2n) is 5.49. The van der Waals surface area contributed by atoms with E-state index >= 15 is 0 Å². The summed E-state index contributed by atoms with van der Waals surface area (Å²) in [6.45, 7) is 6.86. The van der Waals surface area contributed by atoms with Crippen LogP contribution in [0, 0.1) is 0 Å². The van der Waals surface area contributed by atoms with Crippen molar-refractivity contribution in [3.05, 3.63) is 23.2 Å². The zero-order valence-electron chi connectivity index (χ0n) is 13.3. The molecule has 1 aliphatic rings. The number of hydrogen-bond donors (Lipinski definition) is 0. The summed E-state index contributed by atoms with van der Waals surface area (Å²) in [4.78, 5) is 2.54. The highest BCUT2D eigenvalue weighted by Crippen LogP contribution is 2.28. The monoisotopic (exact) mass is 346 g/mol. The lowest BCUT2D eigenvalue weighted by molar-refractivity contribution is 0.142. The Morgan fingerprint density at radius 2 is 1.91 bits per heavy atom. The molecule has 0 aliphatic carbocycles. The van der Waals surface area contributed by atoms with E-state index in [-0.39, 0.29) is 4.90 Å². The third-order valence-corrected chi connectivity index (χ3v) is 6.44. The number of sulfonamides is 1. The first-order valence-electron chi connectivity index (χ1n) is 7.48. The number of methoxy groups -OCH3 is 1. The average molecular weight is 347 g/mol. The van der Waals surface area contributed by atoms with Crippen LogP contribution in [-0.4, -0.2) is 57.0 Å². The molecule has 0 aromatic heterocycles. The first-order chi connectivity index (χ1) is 10.4. The number of rotatable bonds is 5. The van der Waals surface area contributed by atoms with Gasteiger partial charge >= 0.3 is 0 Å². The van der Waals surface area contributed by atoms with E-state index in [1.165, 1.54) is 17.5 Å². The van der Waals surface area contributed by atoms with Crippen molar-refractivity contribution in [3.8, 4) is 5.75 Å². The number of hydrogen-bond acceptors (Lipinski definition) is 4. The van der Waals surface area contributed by atoms with E-state index in [1.807, 2.05) is 0 Å². The lowest BCUT2D eigenvalue weighted by atomic mass is 10.2. The molecule has 1 aromatic rings. The summed E-state index contributed by atoms with van der Waals surface area (Å²) >= 11 is 6.04. The molecule has 124 valence electrons. The van der Waals surface area contributed by atoms with E-state index in [2.05, 4.69) is 18.7 Å². The number of piperazine rings is 1. The Balaban J connectivity index is 2.13. The Morgan fingerprint density at radius 1 is 1.27 bits per heavy atom. The maximum absolute atomic E-state index is 12.7. The van der Waals surface area contributed by atoms with Crippen LogP contribution in [0.15, 0.2) is 23.1 Å². The Kier molecular flexibility index (Phi) is 5.71. The van der Waals surface area contributed by atoms with Crippen molar-refractivity contribution < 1.29 is 13.2 Å². The predicted molar refractivity (Wildman–Crippen MR) is 88.1 cm³/mol. The van der Waals surface area contributed by atoms with Crippen molar-refractivity contribution in [1.82, 2.24) is 9.21 Å². The van der Waals surface area contributed by atoms with Gasteiger partial charge in [-0.05, 0) is 31.5 Å². The minimum Gasteiger partial charge on any atom is -0.495 e. The molecule has 22 heavy (non-hydrogen) atoms. The van der Waals surface area contributed by atoms with Gasteiger partial charge in [-0.1, -0.05) is 18.5 Å². The van der Waals surface area contributed by atoms with E-state index < -0.39 is 10.0 Å². The Labute approximate surface area is 137 Å². The first kappa shape index (κ1) is 17.5. The standard InChI is InChI=1S/C15H23ClN2O3S/c1-4-12(2)17-7-9-18(10-8-17)22(19,20)13-5-6-15(21-3)14(16)11-13/h5-6,11-12H,4,7-10H2,1-3H3. The number of nitrogens with zero attached hydrogens (tertiary/aromatic N) is 2. The highest BCUT2D eigenvalue weighted by Gasteiger charge is 2.30. The zero-order chi connectivity index (χ0) is 16.3. The van der Waals surface area contributed by atoms with Crippen molar-refractivity contribution in [2.24, 2.45) is 0 Å². The van der Waals surface area contributed by atoms with Crippen molar-refractivity contribution in [1.29, 1.82) is 0 Å². The molecule has 1 unspecified atom stereocenters. The third-order valence-electron chi connectivity index (χ3n) is 4.25. The topological polar surface area (TPSA) is 49.9 Å². The number of halogens is 1. The van der Waals surface area contributed by atoms with Gasteiger partial charge in [-0.15, -0.1) is 0 Å². The summed E-state index contributed by atoms with van der Waals surface area (Å²) in [7, 11) is -2.00. The maximum atomic E-state index is 12.7. The second-order valence-corrected chi connectivity index (χ2v) is 7.84. The Morgan fingerprint density at radius 3 is 2.41 bits per heavy atom. The normalized spacial score (nSPS) is 19.1. The van der Waals surface area contributed by atoms with Gasteiger partial charge in [0.15, 0.2) is 0 Å². The molecule has 0 radical (unpaired) electrons. The van der Waals surface area contributed by atoms with E-state index in [4.69, 9.17) is 16.3 Å². The molecule has 1 aromatic carbocycles. The van der Waals surface area contributed by atoms with Crippen LogP contribution in [0.1, 0.15) is 20.3 Å². The average Bonchev–Trinajstić information content (AvgIpc) is 2.54. The van der Waals surface area contributed by atoms with Gasteiger partial charge in [-0.3, -0.25) is 4.90 Å². The molecular weight excluding hydrogens is 324 g/mol. The summed E-state index contributed by atoms with van der Waals surface area (Å²) in [6.07, 6.45) is 1.07. The lowest BCUT2D eigenvalue weighted by Gasteiger charge is -2.37. The molecule has 0 N–H and O–H groups in total. The molecule has 1 atom stereocenters. The van der Waals surface area contributed by atoms with Crippen LogP contribution in [-0.2, 0) is 10.0 Å². The van der Waals surface area contributed by atoms with Crippen LogP contribution in [0.4, 0.5) is 0 Å². The summed E-state index contributed by atoms with van der Waals surface area (Å²) in [6, 6.07) is 5.07. The van der Waals surface area contributed by atoms with Crippen molar-refractivity contribution in [2.75, 3.05) is 33.3 Å². The van der Waals surface area contributed by atoms with Crippen LogP contribution >= 0.6 is 11.6 Å². The van der Waals surface area contributed by atoms with Crippen LogP contribution in [0.5, 0.6) is 5.75 Å². The smallest absolute Gasteiger partial charge is 0.243 e. The van der Waals surface area contributed by atoms with E-state index in [0.717, 1.165) is 19.5 Å². The fourth-order valence-corrected chi connectivity index (χ4v) is 4.37. The van der Waals surface area contributed by atoms with Gasteiger partial charge < -0.3 is 4.74 Å². The van der Waals surface area contributed by atoms with E-state index in [0.29, 0.717) is 29.9 Å². The quantitative estimate of drug-likeness (QED) is 0.821. The number of benzene rings is 1. The molecule has 0 saturated carbocycles. The molecule has 7 heteroatoms. The van der Waals surface area contributed by atoms with Gasteiger partial charge in [0.1, 0.15) is 5.75 Å². The van der Waals surface area contributed by atoms with Crippen LogP contribution < -0.4 is 4.74 Å². The fourth-order valence-electron chi connectivity index (χ4n) is 2.60. The zero-order valence-corrected chi connectivity index (χ0v) is 14.8. The van der Waals surface area contributed by atoms with Crippen molar-refractivity contribution >= 4 is 21.6 Å². The second kappa shape index (κ2) is 7.17. The summed E-state index contributed by atoms with van der Waals surface area (Å²) in [5.74, 6) is 0.474. The fraction of sp³-hybridized carbons (Fsp3) is 0.600. The first-order valence-corrected chi connectivity index (χ1v) is 9.29. The highest BCUT2D eigenvalue weighted by atomic mass is 35.5. The lowest BCUT2D eigenvalue weighted by Crippen LogP contribution is -2.51. The maximum Gasteiger partial charge on any atom is 0.243 e. The predicted octanol–water partition coefficient (Wildman–Crippen LogP) is 2.45. The minimum absolute atomic E-state index is 0.218. The molecule has 2 rings (SSSR count). The molecule has 0 amide bonds. The van der Waals surface area contributed by atoms with Crippen molar-refractivity contribution in [2.45, 2.75) is 31.2 Å². The Bertz CT molecular complexity index is 613. The SMILES string of the molecule is CCC(C)N1CCN(S(=O)(=O)c2ccc(OC)c(Cl)c2)CC1. The summed E-state index contributed by atoms with van der Waals surface area (Å²) in [5.41, 5.74) is 0. The van der Waals surface area contributed by atoms with E-state index in [1.54, 1.807) is 12.1 Å². The molecule has 1 saturated heterocycles. The molecule has 5 nitrogen and oxygen atoms in total. The number of ether oxygens (including phenoxy) is 1. The molecule has 0 bridgehead atoms. The summed E-state index contributed by atoms with van der Waals surface area (Å²) in [5, 5.41) is 0.307. The van der Waals surface area contributed by atoms with Gasteiger partial charge in [0.05, 0.1) is 17.0 Å². The van der Waals surface area contributed by atoms with Crippen LogP contribution in [0.3, 0.4) is 0 Å². The summed E-state index contributed by atoms with van der Waals surface area (Å²) < 4.78 is 32.0. The van der Waals surface area contributed by atoms with Gasteiger partial charge in [0.2, 0.25) is 10.0 Å². The highest BCUT2D eigenvalue weighted by molar-refractivity contribution is 7.89. The van der Waals surface area contributed by atoms with Crippen molar-refractivity contribution in [3.63, 3.8) is 0 Å². The van der Waals surface area contributed by atoms with Crippen LogP contribution in [0.25, 0.3) is 0 Å². The molecule has 1 heterocycles. The molecular formula is C15H23ClN2O3S. The molecule has 1 aliphatic heterocycles. The van der Waals surface area contributed by atoms with Gasteiger partial charge in [0.25, 0.3) is 0 Å². The van der Waals surface area contributed by atoms with Gasteiger partial charge in [-0.25, -0.2) is 8.42 Å². The minimum atomic E-state index is -3.50. The van der Waals surface area contributed by atoms with Crippen LogP contribution in [0.2, 0.25) is 5.02 Å². The van der Waals surface area contributed by atoms with Gasteiger partial charge in [-0.2, -0.15) is 4.31 Å². The third kappa shape index (κ3) is 3.56. The Hall–Kier alpha value is -0.820. The van der Waals surface area contributed by atoms with E-state index in [9.17, 15) is 8.42 Å². The van der Waals surface area contributed by atoms with Gasteiger partial charge in [0, 0.05) is 32.2 Å². The largest absolute Gasteiger partial charge is 0.495 e.